The highest BCUT2D eigenvalue weighted by Gasteiger charge is 2.31. The molecule has 2 atom stereocenters. The van der Waals surface area contributed by atoms with Crippen molar-refractivity contribution in [1.82, 2.24) is 0 Å². The molecule has 8 nitrogen and oxygen atoms in total. The number of nitrogen functional groups attached to an aromatic ring is 1. The number of nitrogens with two attached hydrogens (primary N) is 1. The fourth-order valence-corrected chi connectivity index (χ4v) is 1.73. The Labute approximate surface area is 114 Å². The molecule has 0 radical (unpaired) electrons. The summed E-state index contributed by atoms with van der Waals surface area (Å²) in [5.74, 6) is -1.02. The Hall–Kier alpha value is -2.19. The van der Waals surface area contributed by atoms with Crippen molar-refractivity contribution >= 4 is 17.3 Å². The molecule has 0 aliphatic carbocycles. The molecule has 0 saturated heterocycles. The average molecular weight is 284 g/mol. The van der Waals surface area contributed by atoms with Crippen LogP contribution in [0.15, 0.2) is 12.1 Å². The van der Waals surface area contributed by atoms with E-state index in [0.29, 0.717) is 5.56 Å². The van der Waals surface area contributed by atoms with Gasteiger partial charge < -0.3 is 20.7 Å². The maximum absolute atomic E-state index is 11.4. The summed E-state index contributed by atoms with van der Waals surface area (Å²) in [6.07, 6.45) is -3.56. The smallest absolute Gasteiger partial charge is 0.338 e. The number of nitro groups is 1. The quantitative estimate of drug-likeness (QED) is 0.309. The lowest BCUT2D eigenvalue weighted by molar-refractivity contribution is -0.384. The molecule has 0 bridgehead atoms. The summed E-state index contributed by atoms with van der Waals surface area (Å²) in [6.45, 7) is 3.15. The van der Waals surface area contributed by atoms with Crippen LogP contribution < -0.4 is 5.73 Å². The van der Waals surface area contributed by atoms with Crippen LogP contribution in [-0.2, 0) is 9.53 Å². The number of anilines is 1. The number of carbonyl (C=O) groups excluding carboxylic acids is 1. The van der Waals surface area contributed by atoms with Gasteiger partial charge in [0.25, 0.3) is 5.69 Å². The van der Waals surface area contributed by atoms with Crippen LogP contribution >= 0.6 is 0 Å². The van der Waals surface area contributed by atoms with E-state index >= 15 is 0 Å². The third-order valence-corrected chi connectivity index (χ3v) is 2.68. The molecule has 0 aromatic heterocycles. The molecule has 0 amide bonds. The SMILES string of the molecule is CCOC(=O)C(O)C(O)c1cc(C)cc([N+](=O)[O-])c1N. The molecule has 0 fully saturated rings. The molecule has 1 aromatic rings. The molecule has 20 heavy (non-hydrogen) atoms. The Morgan fingerprint density at radius 1 is 1.50 bits per heavy atom. The van der Waals surface area contributed by atoms with Crippen molar-refractivity contribution < 1.29 is 24.7 Å². The van der Waals surface area contributed by atoms with Crippen molar-refractivity contribution in [2.45, 2.75) is 26.1 Å². The first-order valence-electron chi connectivity index (χ1n) is 5.86. The van der Waals surface area contributed by atoms with E-state index in [4.69, 9.17) is 5.73 Å². The molecule has 4 N–H and O–H groups in total. The van der Waals surface area contributed by atoms with Gasteiger partial charge in [0, 0.05) is 11.6 Å². The van der Waals surface area contributed by atoms with Crippen molar-refractivity contribution in [2.75, 3.05) is 12.3 Å². The zero-order chi connectivity index (χ0) is 15.4. The maximum Gasteiger partial charge on any atom is 0.338 e. The first kappa shape index (κ1) is 15.9. The Morgan fingerprint density at radius 3 is 2.60 bits per heavy atom. The van der Waals surface area contributed by atoms with Crippen molar-refractivity contribution in [3.8, 4) is 0 Å². The van der Waals surface area contributed by atoms with Gasteiger partial charge in [-0.05, 0) is 19.4 Å². The molecular weight excluding hydrogens is 268 g/mol. The summed E-state index contributed by atoms with van der Waals surface area (Å²) in [4.78, 5) is 21.5. The Kier molecular flexibility index (Phi) is 5.00. The molecule has 0 heterocycles. The van der Waals surface area contributed by atoms with Gasteiger partial charge in [-0.15, -0.1) is 0 Å². The van der Waals surface area contributed by atoms with Gasteiger partial charge >= 0.3 is 5.97 Å². The third kappa shape index (κ3) is 3.22. The van der Waals surface area contributed by atoms with Gasteiger partial charge in [0.15, 0.2) is 6.10 Å². The van der Waals surface area contributed by atoms with Crippen molar-refractivity contribution in [3.63, 3.8) is 0 Å². The van der Waals surface area contributed by atoms with E-state index in [9.17, 15) is 25.1 Å². The number of benzene rings is 1. The number of aryl methyl sites for hydroxylation is 1. The Balaban J connectivity index is 3.19. The molecule has 0 saturated carbocycles. The van der Waals surface area contributed by atoms with Crippen LogP contribution in [-0.4, -0.2) is 33.8 Å². The number of nitro benzene ring substituents is 1. The molecule has 8 heteroatoms. The normalized spacial score (nSPS) is 13.6. The van der Waals surface area contributed by atoms with Gasteiger partial charge in [0.1, 0.15) is 11.8 Å². The molecule has 110 valence electrons. The summed E-state index contributed by atoms with van der Waals surface area (Å²) in [6, 6.07) is 2.61. The molecule has 0 aliphatic heterocycles. The van der Waals surface area contributed by atoms with Gasteiger partial charge in [0.05, 0.1) is 11.5 Å². The number of hydrogen-bond acceptors (Lipinski definition) is 7. The van der Waals surface area contributed by atoms with Crippen LogP contribution in [0.3, 0.4) is 0 Å². The lowest BCUT2D eigenvalue weighted by atomic mass is 9.99. The monoisotopic (exact) mass is 284 g/mol. The van der Waals surface area contributed by atoms with Crippen LogP contribution in [0.1, 0.15) is 24.2 Å². The highest BCUT2D eigenvalue weighted by atomic mass is 16.6. The highest BCUT2D eigenvalue weighted by Crippen LogP contribution is 2.32. The Bertz CT molecular complexity index is 531. The van der Waals surface area contributed by atoms with E-state index in [1.165, 1.54) is 12.1 Å². The van der Waals surface area contributed by atoms with Gasteiger partial charge in [-0.1, -0.05) is 6.07 Å². The summed E-state index contributed by atoms with van der Waals surface area (Å²) >= 11 is 0. The standard InChI is InChI=1S/C12H16N2O6/c1-3-20-12(17)11(16)10(15)7-4-6(2)5-8(9(7)13)14(18)19/h4-5,10-11,15-16H,3,13H2,1-2H3. The van der Waals surface area contributed by atoms with Crippen molar-refractivity contribution in [2.24, 2.45) is 0 Å². The summed E-state index contributed by atoms with van der Waals surface area (Å²) in [7, 11) is 0. The molecule has 1 aromatic carbocycles. The minimum Gasteiger partial charge on any atom is -0.464 e. The first-order valence-corrected chi connectivity index (χ1v) is 5.86. The zero-order valence-electron chi connectivity index (χ0n) is 11.1. The number of hydrogen-bond donors (Lipinski definition) is 3. The van der Waals surface area contributed by atoms with Gasteiger partial charge in [-0.2, -0.15) is 0 Å². The fourth-order valence-electron chi connectivity index (χ4n) is 1.73. The minimum absolute atomic E-state index is 0.0338. The predicted octanol–water partition coefficient (Wildman–Crippen LogP) is 0.443. The minimum atomic E-state index is -1.86. The number of esters is 1. The first-order chi connectivity index (χ1) is 9.29. The van der Waals surface area contributed by atoms with E-state index in [2.05, 4.69) is 4.74 Å². The lowest BCUT2D eigenvalue weighted by Crippen LogP contribution is -2.30. The van der Waals surface area contributed by atoms with Crippen molar-refractivity contribution in [3.05, 3.63) is 33.4 Å². The Morgan fingerprint density at radius 2 is 2.10 bits per heavy atom. The number of aliphatic hydroxyl groups excluding tert-OH is 2. The van der Waals surface area contributed by atoms with Crippen LogP contribution in [0.5, 0.6) is 0 Å². The van der Waals surface area contributed by atoms with Crippen LogP contribution in [0, 0.1) is 17.0 Å². The zero-order valence-corrected chi connectivity index (χ0v) is 11.1. The second-order valence-corrected chi connectivity index (χ2v) is 4.19. The highest BCUT2D eigenvalue weighted by molar-refractivity contribution is 5.76. The fraction of sp³-hybridized carbons (Fsp3) is 0.417. The van der Waals surface area contributed by atoms with Crippen molar-refractivity contribution in [1.29, 1.82) is 0 Å². The van der Waals surface area contributed by atoms with E-state index in [1.54, 1.807) is 13.8 Å². The number of carbonyl (C=O) groups is 1. The van der Waals surface area contributed by atoms with Gasteiger partial charge in [-0.25, -0.2) is 4.79 Å². The molecule has 0 spiro atoms. The second kappa shape index (κ2) is 6.31. The molecule has 0 aliphatic rings. The summed E-state index contributed by atoms with van der Waals surface area (Å²) < 4.78 is 4.57. The maximum atomic E-state index is 11.4. The summed E-state index contributed by atoms with van der Waals surface area (Å²) in [5, 5.41) is 30.5. The van der Waals surface area contributed by atoms with Crippen LogP contribution in [0.2, 0.25) is 0 Å². The number of nitrogens with zero attached hydrogens (tertiary/aromatic N) is 1. The molecular formula is C12H16N2O6. The number of ether oxygens (including phenoxy) is 1. The largest absolute Gasteiger partial charge is 0.464 e. The van der Waals surface area contributed by atoms with Gasteiger partial charge in [0.2, 0.25) is 0 Å². The lowest BCUT2D eigenvalue weighted by Gasteiger charge is -2.18. The van der Waals surface area contributed by atoms with E-state index in [-0.39, 0.29) is 17.9 Å². The van der Waals surface area contributed by atoms with Crippen LogP contribution in [0.25, 0.3) is 0 Å². The van der Waals surface area contributed by atoms with Gasteiger partial charge in [-0.3, -0.25) is 10.1 Å². The second-order valence-electron chi connectivity index (χ2n) is 4.19. The summed E-state index contributed by atoms with van der Waals surface area (Å²) in [5.41, 5.74) is 5.30. The van der Waals surface area contributed by atoms with Crippen LogP contribution in [0.4, 0.5) is 11.4 Å². The number of aliphatic hydroxyl groups is 2. The molecule has 1 rings (SSSR count). The average Bonchev–Trinajstić information content (AvgIpc) is 2.39. The third-order valence-electron chi connectivity index (χ3n) is 2.68. The predicted molar refractivity (Wildman–Crippen MR) is 69.8 cm³/mol. The topological polar surface area (TPSA) is 136 Å². The van der Waals surface area contributed by atoms with E-state index in [1.807, 2.05) is 0 Å². The van der Waals surface area contributed by atoms with E-state index < -0.39 is 28.8 Å². The van der Waals surface area contributed by atoms with E-state index in [0.717, 1.165) is 0 Å². The molecule has 2 unspecified atom stereocenters. The number of rotatable bonds is 5.